The first kappa shape index (κ1) is 11.9. The van der Waals surface area contributed by atoms with Crippen molar-refractivity contribution < 1.29 is 0 Å². The number of aromatic nitrogens is 1. The molecule has 0 bridgehead atoms. The van der Waals surface area contributed by atoms with Gasteiger partial charge in [0, 0.05) is 25.5 Å². The topological polar surface area (TPSA) is 16.1 Å². The summed E-state index contributed by atoms with van der Waals surface area (Å²) in [4.78, 5) is 6.58. The number of hydrogen-bond acceptors (Lipinski definition) is 2. The lowest BCUT2D eigenvalue weighted by molar-refractivity contribution is 0.378. The second-order valence-electron chi connectivity index (χ2n) is 4.55. The van der Waals surface area contributed by atoms with Gasteiger partial charge in [0.2, 0.25) is 0 Å². The summed E-state index contributed by atoms with van der Waals surface area (Å²) in [5, 5.41) is 0. The number of nitrogens with zero attached hydrogens (tertiary/aromatic N) is 2. The van der Waals surface area contributed by atoms with Gasteiger partial charge in [-0.2, -0.15) is 0 Å². The average Bonchev–Trinajstić information content (AvgIpc) is 2.31. The highest BCUT2D eigenvalue weighted by Gasteiger charge is 2.19. The summed E-state index contributed by atoms with van der Waals surface area (Å²) in [6.07, 6.45) is 9.14. The monoisotopic (exact) mass is 282 g/mol. The fourth-order valence-electron chi connectivity index (χ4n) is 2.50. The van der Waals surface area contributed by atoms with Crippen molar-refractivity contribution >= 4 is 21.6 Å². The predicted molar refractivity (Wildman–Crippen MR) is 71.8 cm³/mol. The first-order valence-corrected chi connectivity index (χ1v) is 6.95. The molecule has 1 aromatic rings. The number of halogens is 1. The van der Waals surface area contributed by atoms with E-state index in [1.165, 1.54) is 44.5 Å². The SMILES string of the molecule is CCCC1CCN(c2ccncc2Br)CC1. The van der Waals surface area contributed by atoms with Crippen LogP contribution in [0.5, 0.6) is 0 Å². The molecule has 2 nitrogen and oxygen atoms in total. The minimum atomic E-state index is 0.946. The average molecular weight is 283 g/mol. The Bertz CT molecular complexity index is 332. The molecule has 1 aromatic heterocycles. The number of piperidine rings is 1. The van der Waals surface area contributed by atoms with Crippen LogP contribution in [-0.2, 0) is 0 Å². The van der Waals surface area contributed by atoms with Crippen LogP contribution < -0.4 is 4.90 Å². The Balaban J connectivity index is 1.96. The molecule has 1 saturated heterocycles. The van der Waals surface area contributed by atoms with Gasteiger partial charge >= 0.3 is 0 Å². The molecule has 1 fully saturated rings. The van der Waals surface area contributed by atoms with Gasteiger partial charge in [-0.15, -0.1) is 0 Å². The van der Waals surface area contributed by atoms with Gasteiger partial charge in [0.25, 0.3) is 0 Å². The number of rotatable bonds is 3. The van der Waals surface area contributed by atoms with E-state index in [4.69, 9.17) is 0 Å². The Hall–Kier alpha value is -0.570. The van der Waals surface area contributed by atoms with E-state index >= 15 is 0 Å². The zero-order valence-corrected chi connectivity index (χ0v) is 11.4. The van der Waals surface area contributed by atoms with Gasteiger partial charge in [-0.25, -0.2) is 0 Å². The number of pyridine rings is 1. The Kier molecular flexibility index (Phi) is 4.22. The first-order chi connectivity index (χ1) is 7.81. The van der Waals surface area contributed by atoms with E-state index in [-0.39, 0.29) is 0 Å². The van der Waals surface area contributed by atoms with Crippen LogP contribution in [0.3, 0.4) is 0 Å². The molecule has 3 heteroatoms. The lowest BCUT2D eigenvalue weighted by Crippen LogP contribution is -2.33. The highest BCUT2D eigenvalue weighted by molar-refractivity contribution is 9.10. The maximum absolute atomic E-state index is 4.11. The molecule has 0 amide bonds. The fraction of sp³-hybridized carbons (Fsp3) is 0.615. The molecule has 0 N–H and O–H groups in total. The van der Waals surface area contributed by atoms with E-state index in [2.05, 4.69) is 38.8 Å². The smallest absolute Gasteiger partial charge is 0.0592 e. The third kappa shape index (κ3) is 2.76. The van der Waals surface area contributed by atoms with Crippen molar-refractivity contribution in [3.05, 3.63) is 22.9 Å². The van der Waals surface area contributed by atoms with Gasteiger partial charge in [0.05, 0.1) is 10.2 Å². The highest BCUT2D eigenvalue weighted by atomic mass is 79.9. The quantitative estimate of drug-likeness (QED) is 0.837. The van der Waals surface area contributed by atoms with Gasteiger partial charge in [-0.1, -0.05) is 19.8 Å². The molecule has 2 rings (SSSR count). The largest absolute Gasteiger partial charge is 0.371 e. The van der Waals surface area contributed by atoms with Crippen LogP contribution in [0.2, 0.25) is 0 Å². The summed E-state index contributed by atoms with van der Waals surface area (Å²) in [5.41, 5.74) is 1.30. The van der Waals surface area contributed by atoms with E-state index in [1.54, 1.807) is 0 Å². The summed E-state index contributed by atoms with van der Waals surface area (Å²) >= 11 is 3.57. The minimum Gasteiger partial charge on any atom is -0.371 e. The van der Waals surface area contributed by atoms with E-state index in [1.807, 2.05) is 12.4 Å². The zero-order valence-electron chi connectivity index (χ0n) is 9.82. The van der Waals surface area contributed by atoms with Gasteiger partial charge in [0.1, 0.15) is 0 Å². The highest BCUT2D eigenvalue weighted by Crippen LogP contribution is 2.30. The second kappa shape index (κ2) is 5.67. The normalized spacial score (nSPS) is 17.8. The van der Waals surface area contributed by atoms with Crippen LogP contribution in [0.1, 0.15) is 32.6 Å². The molecule has 0 atom stereocenters. The maximum Gasteiger partial charge on any atom is 0.0592 e. The lowest BCUT2D eigenvalue weighted by atomic mass is 9.92. The third-order valence-corrected chi connectivity index (χ3v) is 4.01. The molecule has 0 radical (unpaired) electrons. The van der Waals surface area contributed by atoms with Gasteiger partial charge in [-0.05, 0) is 40.8 Å². The van der Waals surface area contributed by atoms with Crippen molar-refractivity contribution in [3.63, 3.8) is 0 Å². The van der Waals surface area contributed by atoms with Crippen LogP contribution in [0, 0.1) is 5.92 Å². The Morgan fingerprint density at radius 3 is 2.81 bits per heavy atom. The van der Waals surface area contributed by atoms with Crippen LogP contribution >= 0.6 is 15.9 Å². The van der Waals surface area contributed by atoms with E-state index in [0.717, 1.165) is 10.4 Å². The van der Waals surface area contributed by atoms with Crippen LogP contribution in [-0.4, -0.2) is 18.1 Å². The summed E-state index contributed by atoms with van der Waals surface area (Å²) in [6, 6.07) is 2.10. The van der Waals surface area contributed by atoms with Crippen LogP contribution in [0.15, 0.2) is 22.9 Å². The van der Waals surface area contributed by atoms with Gasteiger partial charge in [0.15, 0.2) is 0 Å². The number of hydrogen-bond donors (Lipinski definition) is 0. The Morgan fingerprint density at radius 2 is 2.19 bits per heavy atom. The Labute approximate surface area is 106 Å². The molecule has 0 aliphatic carbocycles. The molecule has 16 heavy (non-hydrogen) atoms. The van der Waals surface area contributed by atoms with Crippen molar-refractivity contribution in [1.82, 2.24) is 4.98 Å². The zero-order chi connectivity index (χ0) is 11.4. The molecule has 88 valence electrons. The summed E-state index contributed by atoms with van der Waals surface area (Å²) < 4.78 is 1.11. The lowest BCUT2D eigenvalue weighted by Gasteiger charge is -2.34. The van der Waals surface area contributed by atoms with Gasteiger partial charge in [-0.3, -0.25) is 4.98 Å². The molecule has 0 spiro atoms. The first-order valence-electron chi connectivity index (χ1n) is 6.15. The van der Waals surface area contributed by atoms with Crippen molar-refractivity contribution in [3.8, 4) is 0 Å². The van der Waals surface area contributed by atoms with Crippen molar-refractivity contribution in [2.24, 2.45) is 5.92 Å². The van der Waals surface area contributed by atoms with Crippen LogP contribution in [0.25, 0.3) is 0 Å². The molecule has 0 unspecified atom stereocenters. The van der Waals surface area contributed by atoms with E-state index < -0.39 is 0 Å². The molecular weight excluding hydrogens is 264 g/mol. The fourth-order valence-corrected chi connectivity index (χ4v) is 3.00. The van der Waals surface area contributed by atoms with E-state index in [9.17, 15) is 0 Å². The van der Waals surface area contributed by atoms with Crippen molar-refractivity contribution in [1.29, 1.82) is 0 Å². The number of anilines is 1. The molecule has 0 saturated carbocycles. The Morgan fingerprint density at radius 1 is 1.44 bits per heavy atom. The second-order valence-corrected chi connectivity index (χ2v) is 5.40. The van der Waals surface area contributed by atoms with Crippen LogP contribution in [0.4, 0.5) is 5.69 Å². The van der Waals surface area contributed by atoms with Gasteiger partial charge < -0.3 is 4.90 Å². The molecular formula is C13H19BrN2. The third-order valence-electron chi connectivity index (χ3n) is 3.40. The molecule has 0 aromatic carbocycles. The molecule has 1 aliphatic rings. The molecule has 1 aliphatic heterocycles. The van der Waals surface area contributed by atoms with E-state index in [0.29, 0.717) is 0 Å². The summed E-state index contributed by atoms with van der Waals surface area (Å²) in [7, 11) is 0. The van der Waals surface area contributed by atoms with Crippen molar-refractivity contribution in [2.45, 2.75) is 32.6 Å². The molecule has 2 heterocycles. The minimum absolute atomic E-state index is 0.946. The summed E-state index contributed by atoms with van der Waals surface area (Å²) in [5.74, 6) is 0.946. The maximum atomic E-state index is 4.11. The van der Waals surface area contributed by atoms with Crippen molar-refractivity contribution in [2.75, 3.05) is 18.0 Å². The predicted octanol–water partition coefficient (Wildman–Crippen LogP) is 3.86. The summed E-state index contributed by atoms with van der Waals surface area (Å²) in [6.45, 7) is 4.66. The standard InChI is InChI=1S/C13H19BrN2/c1-2-3-11-5-8-16(9-6-11)13-4-7-15-10-12(13)14/h4,7,10-11H,2-3,5-6,8-9H2,1H3.